The molecule has 0 saturated heterocycles. The second-order valence-electron chi connectivity index (χ2n) is 8.05. The molecule has 1 aromatic heterocycles. The monoisotopic (exact) mass is 526 g/mol. The number of nitrogens with one attached hydrogen (secondary N) is 3. The van der Waals surface area contributed by atoms with E-state index in [4.69, 9.17) is 9.94 Å². The molecular weight excluding hydrogens is 492 g/mol. The van der Waals surface area contributed by atoms with Gasteiger partial charge < -0.3 is 10.1 Å². The number of hydrogen-bond acceptors (Lipinski definition) is 8. The first-order valence-corrected chi connectivity index (χ1v) is 13.9. The number of aryl methyl sites for hydroxylation is 1. The van der Waals surface area contributed by atoms with Crippen molar-refractivity contribution in [3.63, 3.8) is 0 Å². The Balaban J connectivity index is 2.11. The Morgan fingerprint density at radius 3 is 2.49 bits per heavy atom. The number of nitrogens with zero attached hydrogens (tertiary/aromatic N) is 1. The lowest BCUT2D eigenvalue weighted by Crippen LogP contribution is -2.25. The van der Waals surface area contributed by atoms with Crippen LogP contribution in [0, 0.1) is 6.92 Å². The number of thiazole rings is 1. The molecule has 2 rings (SSSR count). The van der Waals surface area contributed by atoms with Crippen LogP contribution in [-0.2, 0) is 19.6 Å². The van der Waals surface area contributed by atoms with E-state index in [-0.39, 0.29) is 29.5 Å². The standard InChI is InChI=1S/C23H34N4O6S2/c1-4-5-7-10-20(28)26-23-25-16(2)22(34-23)17-12-13-18(33-3)19(15-17)35(31,32)24-14-9-6-8-11-21(29)27-30/h12-13,15,24,30H,4-11,14H2,1-3H3,(H,27,29)(H,25,26,28). The lowest BCUT2D eigenvalue weighted by atomic mass is 10.1. The minimum Gasteiger partial charge on any atom is -0.495 e. The SMILES string of the molecule is CCCCCC(=O)Nc1nc(C)c(-c2ccc(OC)c(S(=O)(=O)NCCCCCC(=O)NO)c2)s1. The van der Waals surface area contributed by atoms with Gasteiger partial charge >= 0.3 is 0 Å². The molecule has 0 aliphatic carbocycles. The number of anilines is 1. The highest BCUT2D eigenvalue weighted by molar-refractivity contribution is 7.89. The number of amides is 2. The molecule has 10 nitrogen and oxygen atoms in total. The van der Waals surface area contributed by atoms with E-state index in [2.05, 4.69) is 21.9 Å². The van der Waals surface area contributed by atoms with Gasteiger partial charge in [-0.05, 0) is 49.9 Å². The van der Waals surface area contributed by atoms with Gasteiger partial charge in [0.15, 0.2) is 5.13 Å². The van der Waals surface area contributed by atoms with Crippen LogP contribution in [0.15, 0.2) is 23.1 Å². The van der Waals surface area contributed by atoms with Crippen molar-refractivity contribution in [1.82, 2.24) is 15.2 Å². The summed E-state index contributed by atoms with van der Waals surface area (Å²) in [6.45, 7) is 4.09. The number of unbranched alkanes of at least 4 members (excludes halogenated alkanes) is 4. The van der Waals surface area contributed by atoms with Crippen LogP contribution in [0.5, 0.6) is 5.75 Å². The van der Waals surface area contributed by atoms with Crippen LogP contribution >= 0.6 is 11.3 Å². The topological polar surface area (TPSA) is 147 Å². The van der Waals surface area contributed by atoms with Crippen molar-refractivity contribution in [2.45, 2.75) is 70.1 Å². The van der Waals surface area contributed by atoms with Gasteiger partial charge in [0.2, 0.25) is 21.8 Å². The number of hydroxylamine groups is 1. The summed E-state index contributed by atoms with van der Waals surface area (Å²) in [5.74, 6) is -0.338. The molecule has 2 amide bonds. The summed E-state index contributed by atoms with van der Waals surface area (Å²) >= 11 is 1.29. The third-order valence-corrected chi connectivity index (χ3v) is 7.87. The number of methoxy groups -OCH3 is 1. The molecule has 0 spiro atoms. The van der Waals surface area contributed by atoms with Crippen LogP contribution in [0.1, 0.15) is 64.0 Å². The molecule has 194 valence electrons. The minimum atomic E-state index is -3.86. The quantitative estimate of drug-likeness (QED) is 0.156. The predicted octanol–water partition coefficient (Wildman–Crippen LogP) is 3.99. The maximum absolute atomic E-state index is 13.0. The average Bonchev–Trinajstić information content (AvgIpc) is 3.20. The van der Waals surface area contributed by atoms with Crippen molar-refractivity contribution < 1.29 is 28.0 Å². The molecule has 4 N–H and O–H groups in total. The number of hydrogen-bond donors (Lipinski definition) is 4. The van der Waals surface area contributed by atoms with Gasteiger partial charge in [-0.25, -0.2) is 23.6 Å². The van der Waals surface area contributed by atoms with E-state index in [1.165, 1.54) is 18.4 Å². The van der Waals surface area contributed by atoms with E-state index < -0.39 is 15.9 Å². The van der Waals surface area contributed by atoms with Crippen LogP contribution in [0.4, 0.5) is 5.13 Å². The van der Waals surface area contributed by atoms with Gasteiger partial charge in [0.1, 0.15) is 10.6 Å². The minimum absolute atomic E-state index is 0.00936. The maximum Gasteiger partial charge on any atom is 0.244 e. The number of benzene rings is 1. The maximum atomic E-state index is 13.0. The van der Waals surface area contributed by atoms with Crippen LogP contribution in [-0.4, -0.2) is 44.1 Å². The molecule has 0 saturated carbocycles. The molecule has 0 aliphatic rings. The summed E-state index contributed by atoms with van der Waals surface area (Å²) in [5.41, 5.74) is 2.91. The molecule has 0 aliphatic heterocycles. The molecule has 0 atom stereocenters. The van der Waals surface area contributed by atoms with Gasteiger partial charge in [0.05, 0.1) is 17.7 Å². The molecule has 0 radical (unpaired) electrons. The highest BCUT2D eigenvalue weighted by Crippen LogP contribution is 2.36. The van der Waals surface area contributed by atoms with Gasteiger partial charge in [0, 0.05) is 19.4 Å². The molecule has 35 heavy (non-hydrogen) atoms. The first kappa shape index (κ1) is 28.7. The van der Waals surface area contributed by atoms with E-state index in [0.717, 1.165) is 24.1 Å². The fourth-order valence-electron chi connectivity index (χ4n) is 3.39. The van der Waals surface area contributed by atoms with Crippen LogP contribution in [0.3, 0.4) is 0 Å². The number of carbonyl (C=O) groups is 2. The van der Waals surface area contributed by atoms with Crippen LogP contribution < -0.4 is 20.3 Å². The number of carbonyl (C=O) groups excluding carboxylic acids is 2. The van der Waals surface area contributed by atoms with Crippen molar-refractivity contribution in [2.75, 3.05) is 19.0 Å². The molecular formula is C23H34N4O6S2. The van der Waals surface area contributed by atoms with Gasteiger partial charge in [-0.2, -0.15) is 0 Å². The zero-order chi connectivity index (χ0) is 25.8. The zero-order valence-electron chi connectivity index (χ0n) is 20.3. The summed E-state index contributed by atoms with van der Waals surface area (Å²) < 4.78 is 33.8. The zero-order valence-corrected chi connectivity index (χ0v) is 22.0. The molecule has 12 heteroatoms. The summed E-state index contributed by atoms with van der Waals surface area (Å²) in [6.07, 6.45) is 5.17. The Hall–Kier alpha value is -2.54. The Bertz CT molecular complexity index is 1100. The Morgan fingerprint density at radius 1 is 1.09 bits per heavy atom. The summed E-state index contributed by atoms with van der Waals surface area (Å²) in [5, 5.41) is 11.8. The van der Waals surface area contributed by atoms with Gasteiger partial charge in [-0.3, -0.25) is 14.8 Å². The fourth-order valence-corrected chi connectivity index (χ4v) is 5.64. The van der Waals surface area contributed by atoms with Crippen molar-refractivity contribution >= 4 is 38.3 Å². The number of aromatic nitrogens is 1. The molecule has 0 bridgehead atoms. The highest BCUT2D eigenvalue weighted by Gasteiger charge is 2.22. The number of sulfonamides is 1. The Kier molecular flexibility index (Phi) is 11.6. The summed E-state index contributed by atoms with van der Waals surface area (Å²) in [6, 6.07) is 4.90. The fraction of sp³-hybridized carbons (Fsp3) is 0.522. The highest BCUT2D eigenvalue weighted by atomic mass is 32.2. The average molecular weight is 527 g/mol. The molecule has 2 aromatic rings. The number of rotatable bonds is 15. The predicted molar refractivity (Wildman–Crippen MR) is 135 cm³/mol. The normalized spacial score (nSPS) is 11.3. The summed E-state index contributed by atoms with van der Waals surface area (Å²) in [4.78, 5) is 28.4. The van der Waals surface area contributed by atoms with Gasteiger partial charge in [0.25, 0.3) is 0 Å². The lowest BCUT2D eigenvalue weighted by Gasteiger charge is -2.12. The van der Waals surface area contributed by atoms with E-state index in [1.54, 1.807) is 23.7 Å². The summed E-state index contributed by atoms with van der Waals surface area (Å²) in [7, 11) is -2.45. The Labute approximate surface area is 210 Å². The second kappa shape index (κ2) is 14.1. The first-order valence-electron chi connectivity index (χ1n) is 11.6. The molecule has 0 fully saturated rings. The third-order valence-electron chi connectivity index (χ3n) is 5.26. The molecule has 1 aromatic carbocycles. The van der Waals surface area contributed by atoms with Crippen LogP contribution in [0.25, 0.3) is 10.4 Å². The molecule has 1 heterocycles. The largest absolute Gasteiger partial charge is 0.495 e. The van der Waals surface area contributed by atoms with E-state index >= 15 is 0 Å². The smallest absolute Gasteiger partial charge is 0.244 e. The molecule has 0 unspecified atom stereocenters. The van der Waals surface area contributed by atoms with Crippen molar-refractivity contribution in [3.8, 4) is 16.2 Å². The van der Waals surface area contributed by atoms with E-state index in [9.17, 15) is 18.0 Å². The van der Waals surface area contributed by atoms with Crippen molar-refractivity contribution in [3.05, 3.63) is 23.9 Å². The van der Waals surface area contributed by atoms with Crippen LogP contribution in [0.2, 0.25) is 0 Å². The van der Waals surface area contributed by atoms with Crippen molar-refractivity contribution in [2.24, 2.45) is 0 Å². The van der Waals surface area contributed by atoms with Gasteiger partial charge in [-0.1, -0.05) is 37.5 Å². The van der Waals surface area contributed by atoms with Crippen molar-refractivity contribution in [1.29, 1.82) is 0 Å². The Morgan fingerprint density at radius 2 is 1.80 bits per heavy atom. The lowest BCUT2D eigenvalue weighted by molar-refractivity contribution is -0.129. The second-order valence-corrected chi connectivity index (χ2v) is 10.8. The third kappa shape index (κ3) is 8.88. The van der Waals surface area contributed by atoms with Gasteiger partial charge in [-0.15, -0.1) is 0 Å². The first-order chi connectivity index (χ1) is 16.7. The van der Waals surface area contributed by atoms with E-state index in [0.29, 0.717) is 42.1 Å². The van der Waals surface area contributed by atoms with E-state index in [1.807, 2.05) is 6.92 Å². The number of ether oxygens (including phenoxy) is 1.